The average Bonchev–Trinajstić information content (AvgIpc) is 3.01. The van der Waals surface area contributed by atoms with E-state index in [0.29, 0.717) is 0 Å². The molecule has 0 fully saturated rings. The maximum absolute atomic E-state index is 8.99. The van der Waals surface area contributed by atoms with Gasteiger partial charge in [-0.15, -0.1) is 11.3 Å². The Labute approximate surface area is 151 Å². The van der Waals surface area contributed by atoms with Crippen LogP contribution in [0.3, 0.4) is 0 Å². The molecule has 3 N–H and O–H groups in total. The zero-order valence-corrected chi connectivity index (χ0v) is 15.0. The summed E-state index contributed by atoms with van der Waals surface area (Å²) in [6, 6.07) is 10.7. The van der Waals surface area contributed by atoms with E-state index in [1.165, 1.54) is 21.4 Å². The van der Waals surface area contributed by atoms with Gasteiger partial charge in [0.2, 0.25) is 0 Å². The third-order valence-corrected chi connectivity index (χ3v) is 5.87. The molecule has 0 saturated heterocycles. The van der Waals surface area contributed by atoms with Crippen LogP contribution in [0.4, 0.5) is 5.82 Å². The number of aliphatic hydroxyl groups excluding tert-OH is 1. The summed E-state index contributed by atoms with van der Waals surface area (Å²) in [5.74, 6) is 0.919. The molecule has 0 amide bonds. The summed E-state index contributed by atoms with van der Waals surface area (Å²) in [5.41, 5.74) is 2.82. The van der Waals surface area contributed by atoms with E-state index in [1.807, 2.05) is 0 Å². The van der Waals surface area contributed by atoms with Crippen molar-refractivity contribution in [3.05, 3.63) is 52.7 Å². The summed E-state index contributed by atoms with van der Waals surface area (Å²) in [7, 11) is 0. The number of hydrogen-bond donors (Lipinski definition) is 3. The van der Waals surface area contributed by atoms with Gasteiger partial charge in [-0.05, 0) is 12.0 Å². The molecular weight excluding hydrogens is 332 g/mol. The molecule has 0 radical (unpaired) electrons. The average molecular weight is 355 g/mol. The summed E-state index contributed by atoms with van der Waals surface area (Å²) in [6.07, 6.45) is 3.44. The first kappa shape index (κ1) is 16.4. The summed E-state index contributed by atoms with van der Waals surface area (Å²) in [4.78, 5) is 13.1. The quantitative estimate of drug-likeness (QED) is 0.588. The van der Waals surface area contributed by atoms with Crippen molar-refractivity contribution in [2.24, 2.45) is 0 Å². The minimum absolute atomic E-state index is 0.195. The summed E-state index contributed by atoms with van der Waals surface area (Å²) >= 11 is 1.81. The minimum atomic E-state index is 0.195. The zero-order valence-electron chi connectivity index (χ0n) is 14.2. The van der Waals surface area contributed by atoms with E-state index in [-0.39, 0.29) is 6.61 Å². The van der Waals surface area contributed by atoms with Crippen LogP contribution < -0.4 is 10.2 Å². The number of fused-ring (bicyclic) bond motifs is 3. The first-order valence-electron chi connectivity index (χ1n) is 8.82. The molecule has 1 unspecified atom stereocenters. The molecule has 130 valence electrons. The number of aromatic nitrogens is 2. The van der Waals surface area contributed by atoms with Crippen molar-refractivity contribution in [1.29, 1.82) is 0 Å². The van der Waals surface area contributed by atoms with Gasteiger partial charge in [0.15, 0.2) is 0 Å². The van der Waals surface area contributed by atoms with Gasteiger partial charge >= 0.3 is 0 Å². The van der Waals surface area contributed by atoms with Gasteiger partial charge in [-0.3, -0.25) is 0 Å². The van der Waals surface area contributed by atoms with Crippen LogP contribution in [0.5, 0.6) is 0 Å². The van der Waals surface area contributed by atoms with Crippen LogP contribution in [0, 0.1) is 0 Å². The molecule has 0 spiro atoms. The molecule has 1 atom stereocenters. The molecule has 1 aliphatic rings. The number of thiophene rings is 1. The largest absolute Gasteiger partial charge is 0.396 e. The van der Waals surface area contributed by atoms with Crippen molar-refractivity contribution >= 4 is 27.4 Å². The number of hydrogen-bond acceptors (Lipinski definition) is 5. The van der Waals surface area contributed by atoms with E-state index in [9.17, 15) is 0 Å². The Morgan fingerprint density at radius 1 is 1.20 bits per heavy atom. The molecule has 4 rings (SSSR count). The molecule has 0 aliphatic carbocycles. The molecule has 6 heteroatoms. The van der Waals surface area contributed by atoms with Crippen molar-refractivity contribution in [2.75, 3.05) is 25.0 Å². The van der Waals surface area contributed by atoms with Crippen LogP contribution in [-0.4, -0.2) is 34.8 Å². The van der Waals surface area contributed by atoms with Gasteiger partial charge in [0.25, 0.3) is 0 Å². The van der Waals surface area contributed by atoms with Crippen molar-refractivity contribution in [3.8, 4) is 0 Å². The predicted octanol–water partition coefficient (Wildman–Crippen LogP) is 1.63. The number of anilines is 1. The van der Waals surface area contributed by atoms with Crippen molar-refractivity contribution < 1.29 is 10.0 Å². The monoisotopic (exact) mass is 355 g/mol. The van der Waals surface area contributed by atoms with Crippen LogP contribution in [0.2, 0.25) is 0 Å². The van der Waals surface area contributed by atoms with Gasteiger partial charge in [-0.2, -0.15) is 0 Å². The molecule has 25 heavy (non-hydrogen) atoms. The van der Waals surface area contributed by atoms with Crippen LogP contribution in [0.1, 0.15) is 22.4 Å². The highest BCUT2D eigenvalue weighted by Gasteiger charge is 2.26. The maximum atomic E-state index is 8.99. The highest BCUT2D eigenvalue weighted by molar-refractivity contribution is 7.18. The van der Waals surface area contributed by atoms with Gasteiger partial charge < -0.3 is 15.3 Å². The van der Waals surface area contributed by atoms with E-state index in [2.05, 4.69) is 45.6 Å². The summed E-state index contributed by atoms with van der Waals surface area (Å²) < 4.78 is 0. The third-order valence-electron chi connectivity index (χ3n) is 4.73. The number of benzene rings is 1. The van der Waals surface area contributed by atoms with E-state index in [0.717, 1.165) is 49.7 Å². The number of rotatable bonds is 6. The van der Waals surface area contributed by atoms with Crippen LogP contribution in [0.15, 0.2) is 36.7 Å². The van der Waals surface area contributed by atoms with E-state index in [4.69, 9.17) is 5.11 Å². The molecule has 1 aliphatic heterocycles. The second-order valence-corrected chi connectivity index (χ2v) is 7.58. The fraction of sp³-hybridized carbons (Fsp3) is 0.368. The highest BCUT2D eigenvalue weighted by atomic mass is 32.1. The smallest absolute Gasteiger partial charge is 0.138 e. The third kappa shape index (κ3) is 3.51. The van der Waals surface area contributed by atoms with Gasteiger partial charge in [-0.25, -0.2) is 9.97 Å². The number of quaternary nitrogens is 1. The summed E-state index contributed by atoms with van der Waals surface area (Å²) in [5, 5.41) is 13.5. The first-order chi connectivity index (χ1) is 12.3. The number of nitrogens with one attached hydrogen (secondary N) is 2. The van der Waals surface area contributed by atoms with Crippen LogP contribution in [0.25, 0.3) is 10.2 Å². The van der Waals surface area contributed by atoms with Crippen molar-refractivity contribution in [3.63, 3.8) is 0 Å². The maximum Gasteiger partial charge on any atom is 0.138 e. The summed E-state index contributed by atoms with van der Waals surface area (Å²) in [6.45, 7) is 4.20. The molecule has 0 saturated carbocycles. The van der Waals surface area contributed by atoms with Crippen LogP contribution in [-0.2, 0) is 19.5 Å². The Balaban J connectivity index is 1.57. The van der Waals surface area contributed by atoms with E-state index >= 15 is 0 Å². The normalized spacial score (nSPS) is 16.8. The molecule has 0 bridgehead atoms. The fourth-order valence-electron chi connectivity index (χ4n) is 3.52. The van der Waals surface area contributed by atoms with Crippen LogP contribution >= 0.6 is 11.3 Å². The molecule has 2 aromatic heterocycles. The van der Waals surface area contributed by atoms with Gasteiger partial charge in [-0.1, -0.05) is 30.3 Å². The lowest BCUT2D eigenvalue weighted by Gasteiger charge is -2.24. The molecule has 3 heterocycles. The Bertz CT molecular complexity index is 849. The molecular formula is C19H23N4OS+. The first-order valence-corrected chi connectivity index (χ1v) is 9.64. The standard InChI is InChI=1S/C19H22N4OS/c24-10-4-8-20-18-17-15-7-9-23(11-14-5-2-1-3-6-14)12-16(15)25-19(17)22-13-21-18/h1-3,5-6,13,24H,4,7-12H2,(H,20,21,22)/p+1. The molecule has 3 aromatic rings. The zero-order chi connectivity index (χ0) is 17.1. The lowest BCUT2D eigenvalue weighted by molar-refractivity contribution is -0.929. The Morgan fingerprint density at radius 2 is 2.08 bits per heavy atom. The van der Waals surface area contributed by atoms with E-state index in [1.54, 1.807) is 22.6 Å². The second-order valence-electron chi connectivity index (χ2n) is 6.50. The number of nitrogens with zero attached hydrogens (tertiary/aromatic N) is 2. The Kier molecular flexibility index (Phi) is 4.92. The van der Waals surface area contributed by atoms with Crippen molar-refractivity contribution in [2.45, 2.75) is 25.9 Å². The molecule has 5 nitrogen and oxygen atoms in total. The lowest BCUT2D eigenvalue weighted by atomic mass is 10.0. The van der Waals surface area contributed by atoms with Gasteiger partial charge in [0.1, 0.15) is 30.1 Å². The predicted molar refractivity (Wildman–Crippen MR) is 101 cm³/mol. The van der Waals surface area contributed by atoms with Crippen molar-refractivity contribution in [1.82, 2.24) is 9.97 Å². The minimum Gasteiger partial charge on any atom is -0.396 e. The SMILES string of the molecule is OCCCNc1ncnc2sc3c(c12)CC[NH+](Cc1ccccc1)C3. The van der Waals surface area contributed by atoms with E-state index < -0.39 is 0 Å². The second kappa shape index (κ2) is 7.47. The number of aliphatic hydroxyl groups is 1. The Morgan fingerprint density at radius 3 is 2.92 bits per heavy atom. The highest BCUT2D eigenvalue weighted by Crippen LogP contribution is 2.34. The van der Waals surface area contributed by atoms with Gasteiger partial charge in [0, 0.05) is 25.1 Å². The molecule has 1 aromatic carbocycles. The Hall–Kier alpha value is -2.02. The lowest BCUT2D eigenvalue weighted by Crippen LogP contribution is -3.10. The topological polar surface area (TPSA) is 62.5 Å². The fourth-order valence-corrected chi connectivity index (χ4v) is 4.78. The van der Waals surface area contributed by atoms with Gasteiger partial charge in [0.05, 0.1) is 16.8 Å².